The molecule has 3 aliphatic heterocycles. The van der Waals surface area contributed by atoms with Crippen molar-refractivity contribution >= 4 is 15.9 Å². The molecule has 8 heteroatoms. The van der Waals surface area contributed by atoms with Crippen LogP contribution in [-0.4, -0.2) is 66.9 Å². The predicted octanol–water partition coefficient (Wildman–Crippen LogP) is 2.04. The van der Waals surface area contributed by atoms with Crippen molar-refractivity contribution < 1.29 is 17.9 Å². The number of carbonyl (C=O) groups is 1. The van der Waals surface area contributed by atoms with Gasteiger partial charge < -0.3 is 9.64 Å². The third-order valence-corrected chi connectivity index (χ3v) is 8.31. The van der Waals surface area contributed by atoms with E-state index in [0.717, 1.165) is 38.8 Å². The highest BCUT2D eigenvalue weighted by Crippen LogP contribution is 2.40. The Morgan fingerprint density at radius 1 is 1.21 bits per heavy atom. The van der Waals surface area contributed by atoms with Crippen molar-refractivity contribution in [2.45, 2.75) is 55.4 Å². The molecule has 1 amide bonds. The summed E-state index contributed by atoms with van der Waals surface area (Å²) in [5.41, 5.74) is -0.283. The minimum atomic E-state index is -3.51. The summed E-state index contributed by atoms with van der Waals surface area (Å²) in [5.74, 6) is 0.611. The van der Waals surface area contributed by atoms with E-state index in [1.165, 1.54) is 10.5 Å². The maximum absolute atomic E-state index is 12.8. The van der Waals surface area contributed by atoms with Crippen LogP contribution in [0.15, 0.2) is 29.4 Å². The molecule has 1 atom stereocenters. The van der Waals surface area contributed by atoms with Crippen LogP contribution in [0.2, 0.25) is 0 Å². The Balaban J connectivity index is 1.36. The summed E-state index contributed by atoms with van der Waals surface area (Å²) in [7, 11) is -3.51. The van der Waals surface area contributed by atoms with E-state index in [2.05, 4.69) is 4.98 Å². The molecule has 3 saturated heterocycles. The Morgan fingerprint density at radius 2 is 1.96 bits per heavy atom. The van der Waals surface area contributed by atoms with E-state index in [4.69, 9.17) is 4.74 Å². The van der Waals surface area contributed by atoms with Crippen molar-refractivity contribution in [3.63, 3.8) is 0 Å². The summed E-state index contributed by atoms with van der Waals surface area (Å²) in [6, 6.07) is 3.23. The second-order valence-electron chi connectivity index (χ2n) is 8.28. The number of pyridine rings is 1. The Labute approximate surface area is 167 Å². The number of likely N-dealkylation sites (tertiary alicyclic amines) is 1. The summed E-state index contributed by atoms with van der Waals surface area (Å²) < 4.78 is 33.3. The van der Waals surface area contributed by atoms with Gasteiger partial charge in [-0.05, 0) is 56.6 Å². The molecule has 0 radical (unpaired) electrons. The van der Waals surface area contributed by atoms with Gasteiger partial charge >= 0.3 is 0 Å². The highest BCUT2D eigenvalue weighted by atomic mass is 32.2. The van der Waals surface area contributed by atoms with Gasteiger partial charge in [-0.3, -0.25) is 9.78 Å². The molecule has 1 aromatic rings. The highest BCUT2D eigenvalue weighted by molar-refractivity contribution is 7.89. The predicted molar refractivity (Wildman–Crippen MR) is 104 cm³/mol. The first-order valence-electron chi connectivity index (χ1n) is 10.3. The molecule has 154 valence electrons. The maximum Gasteiger partial charge on any atom is 0.244 e. The fourth-order valence-electron chi connectivity index (χ4n) is 4.78. The van der Waals surface area contributed by atoms with Crippen molar-refractivity contribution in [1.29, 1.82) is 0 Å². The third-order valence-electron chi connectivity index (χ3n) is 6.42. The lowest BCUT2D eigenvalue weighted by atomic mass is 9.78. The maximum atomic E-state index is 12.8. The zero-order valence-electron chi connectivity index (χ0n) is 16.3. The molecule has 0 bridgehead atoms. The molecule has 3 aliphatic rings. The van der Waals surface area contributed by atoms with Gasteiger partial charge in [-0.1, -0.05) is 0 Å². The third kappa shape index (κ3) is 4.09. The van der Waals surface area contributed by atoms with Gasteiger partial charge in [0.1, 0.15) is 4.90 Å². The Bertz CT molecular complexity index is 785. The second-order valence-corrected chi connectivity index (χ2v) is 10.2. The van der Waals surface area contributed by atoms with Crippen LogP contribution in [0.25, 0.3) is 0 Å². The van der Waals surface area contributed by atoms with Gasteiger partial charge in [-0.2, -0.15) is 4.31 Å². The van der Waals surface area contributed by atoms with Crippen LogP contribution >= 0.6 is 0 Å². The molecule has 1 spiro atoms. The number of carbonyl (C=O) groups excluding carboxylic acids is 1. The average molecular weight is 408 g/mol. The van der Waals surface area contributed by atoms with E-state index in [1.807, 2.05) is 4.90 Å². The van der Waals surface area contributed by atoms with Crippen LogP contribution in [0.5, 0.6) is 0 Å². The van der Waals surface area contributed by atoms with Gasteiger partial charge in [0, 0.05) is 51.6 Å². The fourth-order valence-corrected chi connectivity index (χ4v) is 6.18. The molecule has 0 N–H and O–H groups in total. The summed E-state index contributed by atoms with van der Waals surface area (Å²) in [6.45, 7) is 3.35. The first kappa shape index (κ1) is 19.8. The van der Waals surface area contributed by atoms with E-state index >= 15 is 0 Å². The fraction of sp³-hybridized carbons (Fsp3) is 0.700. The van der Waals surface area contributed by atoms with Gasteiger partial charge in [0.2, 0.25) is 15.9 Å². The zero-order chi connectivity index (χ0) is 19.6. The number of aromatic nitrogens is 1. The number of ether oxygens (including phenoxy) is 1. The molecular formula is C20H29N3O4S. The quantitative estimate of drug-likeness (QED) is 0.763. The molecule has 1 aromatic heterocycles. The Hall–Kier alpha value is -1.51. The van der Waals surface area contributed by atoms with Gasteiger partial charge in [0.15, 0.2) is 0 Å². The van der Waals surface area contributed by atoms with Gasteiger partial charge in [-0.15, -0.1) is 0 Å². The monoisotopic (exact) mass is 407 g/mol. The molecule has 3 fully saturated rings. The van der Waals surface area contributed by atoms with Crippen molar-refractivity contribution in [1.82, 2.24) is 14.2 Å². The molecule has 1 unspecified atom stereocenters. The lowest BCUT2D eigenvalue weighted by Crippen LogP contribution is -2.51. The molecule has 4 rings (SSSR count). The number of hydrogen-bond donors (Lipinski definition) is 0. The summed E-state index contributed by atoms with van der Waals surface area (Å²) in [4.78, 5) is 18.7. The van der Waals surface area contributed by atoms with Crippen molar-refractivity contribution in [3.8, 4) is 0 Å². The number of rotatable bonds is 4. The van der Waals surface area contributed by atoms with Gasteiger partial charge in [0.25, 0.3) is 0 Å². The molecule has 0 aliphatic carbocycles. The lowest BCUT2D eigenvalue weighted by Gasteiger charge is -2.45. The summed E-state index contributed by atoms with van der Waals surface area (Å²) >= 11 is 0. The van der Waals surface area contributed by atoms with E-state index < -0.39 is 10.0 Å². The molecule has 0 aromatic carbocycles. The van der Waals surface area contributed by atoms with Crippen LogP contribution in [0.1, 0.15) is 44.9 Å². The normalized spacial score (nSPS) is 25.9. The molecule has 0 saturated carbocycles. The first-order chi connectivity index (χ1) is 13.5. The van der Waals surface area contributed by atoms with Crippen molar-refractivity contribution in [2.75, 3.05) is 32.8 Å². The van der Waals surface area contributed by atoms with Crippen LogP contribution in [-0.2, 0) is 19.6 Å². The van der Waals surface area contributed by atoms with E-state index in [9.17, 15) is 13.2 Å². The molecule has 28 heavy (non-hydrogen) atoms. The highest BCUT2D eigenvalue weighted by Gasteiger charge is 2.43. The minimum absolute atomic E-state index is 0.240. The molecule has 7 nitrogen and oxygen atoms in total. The summed E-state index contributed by atoms with van der Waals surface area (Å²) in [5, 5.41) is 0. The van der Waals surface area contributed by atoms with E-state index in [1.54, 1.807) is 18.3 Å². The first-order valence-corrected chi connectivity index (χ1v) is 11.7. The molecular weight excluding hydrogens is 378 g/mol. The average Bonchev–Trinajstić information content (AvgIpc) is 3.24. The number of sulfonamides is 1. The van der Waals surface area contributed by atoms with E-state index in [0.29, 0.717) is 44.9 Å². The minimum Gasteiger partial charge on any atom is -0.375 e. The van der Waals surface area contributed by atoms with Crippen molar-refractivity contribution in [2.24, 2.45) is 5.92 Å². The van der Waals surface area contributed by atoms with Gasteiger partial charge in [0.05, 0.1) is 5.60 Å². The number of amides is 1. The van der Waals surface area contributed by atoms with E-state index in [-0.39, 0.29) is 16.4 Å². The van der Waals surface area contributed by atoms with Crippen LogP contribution in [0, 0.1) is 5.92 Å². The van der Waals surface area contributed by atoms with Crippen LogP contribution in [0.4, 0.5) is 0 Å². The topological polar surface area (TPSA) is 79.8 Å². The van der Waals surface area contributed by atoms with Crippen LogP contribution < -0.4 is 0 Å². The number of piperidine rings is 1. The smallest absolute Gasteiger partial charge is 0.244 e. The standard InChI is InChI=1S/C20H29N3O4S/c24-19(22-9-1-2-10-22)14-17-5-13-27-20(15-17)6-11-23(12-7-20)28(25,26)18-4-3-8-21-16-18/h3-4,8,16-17H,1-2,5-7,9-15H2. The summed E-state index contributed by atoms with van der Waals surface area (Å²) in [6.07, 6.45) is 8.94. The Kier molecular flexibility index (Phi) is 5.71. The lowest BCUT2D eigenvalue weighted by molar-refractivity contribution is -0.139. The number of hydrogen-bond acceptors (Lipinski definition) is 5. The van der Waals surface area contributed by atoms with Gasteiger partial charge in [-0.25, -0.2) is 8.42 Å². The SMILES string of the molecule is O=C(CC1CCOC2(CCN(S(=O)(=O)c3cccnc3)CC2)C1)N1CCCC1. The second kappa shape index (κ2) is 8.08. The molecule has 4 heterocycles. The number of nitrogens with zero attached hydrogens (tertiary/aromatic N) is 3. The Morgan fingerprint density at radius 3 is 2.64 bits per heavy atom. The van der Waals surface area contributed by atoms with Crippen molar-refractivity contribution in [3.05, 3.63) is 24.5 Å². The van der Waals surface area contributed by atoms with Crippen LogP contribution in [0.3, 0.4) is 0 Å². The largest absolute Gasteiger partial charge is 0.375 e. The zero-order valence-corrected chi connectivity index (χ0v) is 17.1.